The molecule has 2 aliphatic rings. The number of likely N-dealkylation sites (tertiary alicyclic amines) is 1. The molecule has 0 atom stereocenters. The molecule has 2 heterocycles. The van der Waals surface area contributed by atoms with Crippen molar-refractivity contribution in [3.05, 3.63) is 30.3 Å². The number of carbonyl (C=O) groups excluding carboxylic acids is 1. The molecule has 1 aromatic rings. The third-order valence-electron chi connectivity index (χ3n) is 4.00. The maximum atomic E-state index is 11.6. The number of benzene rings is 1. The normalized spacial score (nSPS) is 20.9. The third-order valence-corrected chi connectivity index (χ3v) is 4.00. The second-order valence-electron chi connectivity index (χ2n) is 5.46. The molecule has 2 aliphatic heterocycles. The first kappa shape index (κ1) is 15.3. The van der Waals surface area contributed by atoms with Crippen molar-refractivity contribution in [2.24, 2.45) is 0 Å². The third kappa shape index (κ3) is 3.97. The van der Waals surface area contributed by atoms with E-state index in [0.29, 0.717) is 32.1 Å². The molecule has 0 amide bonds. The molecule has 6 nitrogen and oxygen atoms in total. The van der Waals surface area contributed by atoms with Gasteiger partial charge in [0.2, 0.25) is 0 Å². The highest BCUT2D eigenvalue weighted by Gasteiger charge is 2.39. The first-order valence-electron chi connectivity index (χ1n) is 7.66. The van der Waals surface area contributed by atoms with Crippen molar-refractivity contribution < 1.29 is 23.7 Å². The van der Waals surface area contributed by atoms with Crippen LogP contribution < -0.4 is 4.74 Å². The Kier molecular flexibility index (Phi) is 4.92. The number of hydrogen-bond donors (Lipinski definition) is 0. The van der Waals surface area contributed by atoms with E-state index in [1.54, 1.807) is 24.3 Å². The Labute approximate surface area is 129 Å². The highest BCUT2D eigenvalue weighted by Crippen LogP contribution is 2.30. The summed E-state index contributed by atoms with van der Waals surface area (Å²) in [6.45, 7) is 4.16. The molecule has 1 spiro atoms. The van der Waals surface area contributed by atoms with E-state index in [4.69, 9.17) is 18.9 Å². The van der Waals surface area contributed by atoms with Gasteiger partial charge in [-0.3, -0.25) is 4.90 Å². The quantitative estimate of drug-likeness (QED) is 0.627. The monoisotopic (exact) mass is 307 g/mol. The van der Waals surface area contributed by atoms with Gasteiger partial charge in [0.15, 0.2) is 5.79 Å². The molecule has 2 fully saturated rings. The van der Waals surface area contributed by atoms with Crippen LogP contribution in [0.2, 0.25) is 0 Å². The van der Waals surface area contributed by atoms with Crippen LogP contribution in [0, 0.1) is 0 Å². The van der Waals surface area contributed by atoms with Crippen LogP contribution in [0.5, 0.6) is 5.75 Å². The lowest BCUT2D eigenvalue weighted by Gasteiger charge is -2.37. The molecule has 0 aromatic heterocycles. The minimum Gasteiger partial charge on any atom is -0.433 e. The first-order valence-corrected chi connectivity index (χ1v) is 7.66. The maximum Gasteiger partial charge on any atom is 0.513 e. The van der Waals surface area contributed by atoms with E-state index >= 15 is 0 Å². The van der Waals surface area contributed by atoms with Gasteiger partial charge in [0.25, 0.3) is 0 Å². The van der Waals surface area contributed by atoms with Crippen molar-refractivity contribution in [1.82, 2.24) is 4.90 Å². The molecule has 6 heteroatoms. The number of para-hydroxylation sites is 1. The molecule has 22 heavy (non-hydrogen) atoms. The van der Waals surface area contributed by atoms with E-state index in [1.165, 1.54) is 0 Å². The summed E-state index contributed by atoms with van der Waals surface area (Å²) in [4.78, 5) is 13.8. The predicted octanol–water partition coefficient (Wildman–Crippen LogP) is 2.04. The predicted molar refractivity (Wildman–Crippen MR) is 78.7 cm³/mol. The molecule has 0 saturated carbocycles. The van der Waals surface area contributed by atoms with Gasteiger partial charge in [-0.1, -0.05) is 18.2 Å². The zero-order valence-corrected chi connectivity index (χ0v) is 12.5. The molecule has 0 bridgehead atoms. The van der Waals surface area contributed by atoms with Gasteiger partial charge in [-0.25, -0.2) is 4.79 Å². The van der Waals surface area contributed by atoms with Gasteiger partial charge in [-0.05, 0) is 12.1 Å². The lowest BCUT2D eigenvalue weighted by Crippen LogP contribution is -2.46. The van der Waals surface area contributed by atoms with E-state index in [1.807, 2.05) is 6.07 Å². The Morgan fingerprint density at radius 2 is 1.82 bits per heavy atom. The molecule has 0 N–H and O–H groups in total. The van der Waals surface area contributed by atoms with Crippen molar-refractivity contribution >= 4 is 6.16 Å². The summed E-state index contributed by atoms with van der Waals surface area (Å²) in [6, 6.07) is 8.90. The Morgan fingerprint density at radius 1 is 1.14 bits per heavy atom. The summed E-state index contributed by atoms with van der Waals surface area (Å²) < 4.78 is 21.5. The minimum absolute atomic E-state index is 0.320. The highest BCUT2D eigenvalue weighted by molar-refractivity contribution is 5.63. The van der Waals surface area contributed by atoms with Crippen molar-refractivity contribution in [3.63, 3.8) is 0 Å². The largest absolute Gasteiger partial charge is 0.513 e. The fourth-order valence-electron chi connectivity index (χ4n) is 2.78. The highest BCUT2D eigenvalue weighted by atomic mass is 16.7. The Bertz CT molecular complexity index is 477. The smallest absolute Gasteiger partial charge is 0.433 e. The van der Waals surface area contributed by atoms with Crippen LogP contribution in [0.15, 0.2) is 30.3 Å². The topological polar surface area (TPSA) is 57.2 Å². The summed E-state index contributed by atoms with van der Waals surface area (Å²) >= 11 is 0. The summed E-state index contributed by atoms with van der Waals surface area (Å²) in [5, 5.41) is 0. The van der Waals surface area contributed by atoms with Gasteiger partial charge >= 0.3 is 6.16 Å². The van der Waals surface area contributed by atoms with E-state index < -0.39 is 6.16 Å². The van der Waals surface area contributed by atoms with Gasteiger partial charge in [0.1, 0.15) is 12.4 Å². The number of piperidine rings is 1. The average Bonchev–Trinajstić information content (AvgIpc) is 2.99. The van der Waals surface area contributed by atoms with Crippen LogP contribution in [-0.4, -0.2) is 56.3 Å². The van der Waals surface area contributed by atoms with E-state index in [9.17, 15) is 4.79 Å². The number of rotatable bonds is 4. The zero-order chi connectivity index (χ0) is 15.3. The molecular formula is C16H21NO5. The van der Waals surface area contributed by atoms with Gasteiger partial charge in [0, 0.05) is 32.5 Å². The van der Waals surface area contributed by atoms with Gasteiger partial charge in [-0.2, -0.15) is 0 Å². The van der Waals surface area contributed by atoms with Gasteiger partial charge in [-0.15, -0.1) is 0 Å². The molecule has 2 saturated heterocycles. The number of ether oxygens (including phenoxy) is 4. The second kappa shape index (κ2) is 7.09. The van der Waals surface area contributed by atoms with E-state index in [0.717, 1.165) is 25.9 Å². The standard InChI is InChI=1S/C16H21NO5/c18-15(22-14-4-2-1-3-5-14)19-11-10-17-8-6-16(7-9-17)20-12-13-21-16/h1-5H,6-13H2. The van der Waals surface area contributed by atoms with Crippen molar-refractivity contribution in [3.8, 4) is 5.75 Å². The lowest BCUT2D eigenvalue weighted by atomic mass is 10.0. The number of nitrogens with zero attached hydrogens (tertiary/aromatic N) is 1. The van der Waals surface area contributed by atoms with E-state index in [-0.39, 0.29) is 5.79 Å². The summed E-state index contributed by atoms with van der Waals surface area (Å²) in [6.07, 6.45) is 1.06. The van der Waals surface area contributed by atoms with Crippen LogP contribution in [0.25, 0.3) is 0 Å². The fraction of sp³-hybridized carbons (Fsp3) is 0.562. The molecule has 0 unspecified atom stereocenters. The van der Waals surface area contributed by atoms with E-state index in [2.05, 4.69) is 4.90 Å². The summed E-state index contributed by atoms with van der Waals surface area (Å²) in [7, 11) is 0. The maximum absolute atomic E-state index is 11.6. The van der Waals surface area contributed by atoms with Crippen molar-refractivity contribution in [2.45, 2.75) is 18.6 Å². The van der Waals surface area contributed by atoms with Gasteiger partial charge in [0.05, 0.1) is 13.2 Å². The number of hydrogen-bond acceptors (Lipinski definition) is 6. The molecule has 1 aromatic carbocycles. The molecule has 0 aliphatic carbocycles. The Morgan fingerprint density at radius 3 is 2.50 bits per heavy atom. The molecule has 0 radical (unpaired) electrons. The molecule has 120 valence electrons. The summed E-state index contributed by atoms with van der Waals surface area (Å²) in [5.41, 5.74) is 0. The van der Waals surface area contributed by atoms with Crippen molar-refractivity contribution in [1.29, 1.82) is 0 Å². The Hall–Kier alpha value is -1.63. The Balaban J connectivity index is 1.33. The molecule has 3 rings (SSSR count). The van der Waals surface area contributed by atoms with Crippen molar-refractivity contribution in [2.75, 3.05) is 39.5 Å². The minimum atomic E-state index is -0.665. The van der Waals surface area contributed by atoms with Crippen LogP contribution in [-0.2, 0) is 14.2 Å². The van der Waals surface area contributed by atoms with Crippen LogP contribution in [0.1, 0.15) is 12.8 Å². The van der Waals surface area contributed by atoms with Crippen LogP contribution in [0.4, 0.5) is 4.79 Å². The van der Waals surface area contributed by atoms with Crippen LogP contribution in [0.3, 0.4) is 0 Å². The fourth-order valence-corrected chi connectivity index (χ4v) is 2.78. The molecular weight excluding hydrogens is 286 g/mol. The summed E-state index contributed by atoms with van der Waals surface area (Å²) in [5.74, 6) is 0.131. The zero-order valence-electron chi connectivity index (χ0n) is 12.5. The number of carbonyl (C=O) groups is 1. The lowest BCUT2D eigenvalue weighted by molar-refractivity contribution is -0.185. The first-order chi connectivity index (χ1) is 10.8. The second-order valence-corrected chi connectivity index (χ2v) is 5.46. The van der Waals surface area contributed by atoms with Gasteiger partial charge < -0.3 is 18.9 Å². The average molecular weight is 307 g/mol. The SMILES string of the molecule is O=C(OCCN1CCC2(CC1)OCCO2)Oc1ccccc1. The van der Waals surface area contributed by atoms with Crippen LogP contribution >= 0.6 is 0 Å².